The molecule has 2 heterocycles. The van der Waals surface area contributed by atoms with Gasteiger partial charge in [-0.15, -0.1) is 11.8 Å². The van der Waals surface area contributed by atoms with Crippen molar-refractivity contribution in [3.05, 3.63) is 76.2 Å². The molecule has 2 aromatic carbocycles. The number of anilines is 2. The smallest absolute Gasteiger partial charge is 0.262 e. The Bertz CT molecular complexity index is 1220. The van der Waals surface area contributed by atoms with Gasteiger partial charge in [0.25, 0.3) is 5.56 Å². The Morgan fingerprint density at radius 3 is 2.50 bits per heavy atom. The number of aromatic amines is 1. The lowest BCUT2D eigenvalue weighted by molar-refractivity contribution is 1.14. The van der Waals surface area contributed by atoms with Crippen LogP contribution in [-0.2, 0) is 0 Å². The molecule has 140 valence electrons. The summed E-state index contributed by atoms with van der Waals surface area (Å²) in [5.41, 5.74) is 5.24. The summed E-state index contributed by atoms with van der Waals surface area (Å²) in [6.45, 7) is 4.11. The number of aromatic nitrogens is 3. The molecule has 2 N–H and O–H groups in total. The van der Waals surface area contributed by atoms with E-state index in [-0.39, 0.29) is 5.56 Å². The van der Waals surface area contributed by atoms with Gasteiger partial charge in [0.05, 0.1) is 5.39 Å². The molecular formula is C22H20N4OS. The fourth-order valence-corrected chi connectivity index (χ4v) is 3.50. The molecule has 5 nitrogen and oxygen atoms in total. The second-order valence-electron chi connectivity index (χ2n) is 6.62. The average molecular weight is 388 g/mol. The first-order chi connectivity index (χ1) is 13.5. The Kier molecular flexibility index (Phi) is 4.88. The van der Waals surface area contributed by atoms with E-state index in [9.17, 15) is 4.79 Å². The van der Waals surface area contributed by atoms with Gasteiger partial charge >= 0.3 is 0 Å². The number of thioether (sulfide) groups is 1. The lowest BCUT2D eigenvalue weighted by Crippen LogP contribution is -2.13. The summed E-state index contributed by atoms with van der Waals surface area (Å²) in [7, 11) is 0. The fraction of sp³-hybridized carbons (Fsp3) is 0.136. The van der Waals surface area contributed by atoms with Crippen LogP contribution >= 0.6 is 11.8 Å². The highest BCUT2D eigenvalue weighted by Gasteiger charge is 2.12. The molecule has 0 saturated heterocycles. The lowest BCUT2D eigenvalue weighted by atomic mass is 10.0. The number of aryl methyl sites for hydroxylation is 2. The van der Waals surface area contributed by atoms with Crippen molar-refractivity contribution in [1.82, 2.24) is 15.0 Å². The third kappa shape index (κ3) is 3.51. The van der Waals surface area contributed by atoms with E-state index in [1.165, 1.54) is 16.0 Å². The van der Waals surface area contributed by atoms with E-state index in [1.807, 2.05) is 61.7 Å². The van der Waals surface area contributed by atoms with Crippen molar-refractivity contribution >= 4 is 34.4 Å². The molecule has 6 heteroatoms. The van der Waals surface area contributed by atoms with Gasteiger partial charge in [0.1, 0.15) is 0 Å². The molecule has 0 atom stereocenters. The molecule has 0 bridgehead atoms. The summed E-state index contributed by atoms with van der Waals surface area (Å²) in [4.78, 5) is 25.7. The molecule has 2 aromatic heterocycles. The van der Waals surface area contributed by atoms with Gasteiger partial charge in [-0.2, -0.15) is 4.98 Å². The summed E-state index contributed by atoms with van der Waals surface area (Å²) in [6, 6.07) is 16.0. The number of hydrogen-bond donors (Lipinski definition) is 2. The molecule has 0 amide bonds. The Morgan fingerprint density at radius 2 is 1.79 bits per heavy atom. The minimum atomic E-state index is -0.214. The Hall–Kier alpha value is -3.12. The van der Waals surface area contributed by atoms with Gasteiger partial charge in [0.2, 0.25) is 5.95 Å². The van der Waals surface area contributed by atoms with Gasteiger partial charge in [-0.1, -0.05) is 18.2 Å². The van der Waals surface area contributed by atoms with E-state index in [0.29, 0.717) is 17.0 Å². The summed E-state index contributed by atoms with van der Waals surface area (Å²) >= 11 is 1.68. The van der Waals surface area contributed by atoms with Crippen LogP contribution in [-0.4, -0.2) is 21.2 Å². The highest BCUT2D eigenvalue weighted by atomic mass is 32.2. The topological polar surface area (TPSA) is 70.7 Å². The Morgan fingerprint density at radius 1 is 1.00 bits per heavy atom. The van der Waals surface area contributed by atoms with Gasteiger partial charge in [0, 0.05) is 16.8 Å². The Balaban J connectivity index is 1.77. The number of benzene rings is 2. The van der Waals surface area contributed by atoms with Crippen LogP contribution in [0.1, 0.15) is 11.1 Å². The van der Waals surface area contributed by atoms with Gasteiger partial charge in [-0.25, -0.2) is 4.98 Å². The molecule has 0 aliphatic carbocycles. The van der Waals surface area contributed by atoms with E-state index in [4.69, 9.17) is 0 Å². The molecular weight excluding hydrogens is 368 g/mol. The standard InChI is InChI=1S/C22H20N4OS/c1-13-4-7-16(12-14(13)2)24-22-25-20-19(21(27)26-22)18(10-11-23-20)15-5-8-17(28-3)9-6-15/h4-12H,1-3H3,(H2,23,24,25,26,27). The maximum Gasteiger partial charge on any atom is 0.262 e. The quantitative estimate of drug-likeness (QED) is 0.478. The summed E-state index contributed by atoms with van der Waals surface area (Å²) in [5, 5.41) is 3.66. The highest BCUT2D eigenvalue weighted by molar-refractivity contribution is 7.98. The molecule has 4 aromatic rings. The van der Waals surface area contributed by atoms with Gasteiger partial charge in [-0.05, 0) is 72.7 Å². The van der Waals surface area contributed by atoms with Crippen LogP contribution in [0.2, 0.25) is 0 Å². The van der Waals surface area contributed by atoms with Crippen LogP contribution in [0.4, 0.5) is 11.6 Å². The van der Waals surface area contributed by atoms with Crippen molar-refractivity contribution in [2.75, 3.05) is 11.6 Å². The number of hydrogen-bond acceptors (Lipinski definition) is 5. The molecule has 0 aliphatic rings. The van der Waals surface area contributed by atoms with Crippen molar-refractivity contribution in [1.29, 1.82) is 0 Å². The molecule has 4 rings (SSSR count). The van der Waals surface area contributed by atoms with Crippen LogP contribution in [0.15, 0.2) is 64.4 Å². The number of rotatable bonds is 4. The van der Waals surface area contributed by atoms with Gasteiger partial charge in [0.15, 0.2) is 5.65 Å². The van der Waals surface area contributed by atoms with E-state index in [1.54, 1.807) is 18.0 Å². The van der Waals surface area contributed by atoms with Crippen molar-refractivity contribution in [2.24, 2.45) is 0 Å². The number of fused-ring (bicyclic) bond motifs is 1. The predicted octanol–water partition coefficient (Wildman–Crippen LogP) is 5.07. The summed E-state index contributed by atoms with van der Waals surface area (Å²) in [5.74, 6) is 0.378. The SMILES string of the molecule is CSc1ccc(-c2ccnc3nc(Nc4ccc(C)c(C)c4)[nH]c(=O)c23)cc1. The number of nitrogens with zero attached hydrogens (tertiary/aromatic N) is 2. The Labute approximate surface area is 167 Å². The highest BCUT2D eigenvalue weighted by Crippen LogP contribution is 2.27. The second-order valence-corrected chi connectivity index (χ2v) is 7.50. The number of pyridine rings is 1. The van der Waals surface area contributed by atoms with Crippen LogP contribution in [0.5, 0.6) is 0 Å². The van der Waals surface area contributed by atoms with Crippen LogP contribution in [0.3, 0.4) is 0 Å². The summed E-state index contributed by atoms with van der Waals surface area (Å²) in [6.07, 6.45) is 3.72. The molecule has 0 aliphatic heterocycles. The molecule has 0 radical (unpaired) electrons. The number of nitrogens with one attached hydrogen (secondary N) is 2. The zero-order valence-electron chi connectivity index (χ0n) is 15.9. The fourth-order valence-electron chi connectivity index (χ4n) is 3.09. The molecule has 0 fully saturated rings. The normalized spacial score (nSPS) is 11.0. The minimum absolute atomic E-state index is 0.214. The predicted molar refractivity (Wildman–Crippen MR) is 117 cm³/mol. The maximum atomic E-state index is 12.8. The van der Waals surface area contributed by atoms with E-state index in [2.05, 4.69) is 27.2 Å². The zero-order chi connectivity index (χ0) is 19.7. The first-order valence-electron chi connectivity index (χ1n) is 8.93. The molecule has 28 heavy (non-hydrogen) atoms. The maximum absolute atomic E-state index is 12.8. The molecule has 0 unspecified atom stereocenters. The van der Waals surface area contributed by atoms with Gasteiger partial charge in [-0.3, -0.25) is 9.78 Å². The van der Waals surface area contributed by atoms with Crippen LogP contribution < -0.4 is 10.9 Å². The van der Waals surface area contributed by atoms with Gasteiger partial charge < -0.3 is 5.32 Å². The van der Waals surface area contributed by atoms with Crippen LogP contribution in [0.25, 0.3) is 22.2 Å². The third-order valence-corrected chi connectivity index (χ3v) is 5.52. The monoisotopic (exact) mass is 388 g/mol. The minimum Gasteiger partial charge on any atom is -0.326 e. The third-order valence-electron chi connectivity index (χ3n) is 4.78. The average Bonchev–Trinajstić information content (AvgIpc) is 2.70. The van der Waals surface area contributed by atoms with Crippen LogP contribution in [0, 0.1) is 13.8 Å². The van der Waals surface area contributed by atoms with Crippen molar-refractivity contribution in [3.8, 4) is 11.1 Å². The lowest BCUT2D eigenvalue weighted by Gasteiger charge is -2.10. The number of H-pyrrole nitrogens is 1. The second kappa shape index (κ2) is 7.48. The summed E-state index contributed by atoms with van der Waals surface area (Å²) < 4.78 is 0. The van der Waals surface area contributed by atoms with Crippen molar-refractivity contribution < 1.29 is 0 Å². The van der Waals surface area contributed by atoms with Crippen molar-refractivity contribution in [2.45, 2.75) is 18.7 Å². The molecule has 0 spiro atoms. The van der Waals surface area contributed by atoms with Crippen molar-refractivity contribution in [3.63, 3.8) is 0 Å². The van der Waals surface area contributed by atoms with E-state index >= 15 is 0 Å². The largest absolute Gasteiger partial charge is 0.326 e. The van der Waals surface area contributed by atoms with E-state index in [0.717, 1.165) is 16.8 Å². The zero-order valence-corrected chi connectivity index (χ0v) is 16.7. The first-order valence-corrected chi connectivity index (χ1v) is 10.2. The molecule has 0 saturated carbocycles. The first kappa shape index (κ1) is 18.3. The van der Waals surface area contributed by atoms with E-state index < -0.39 is 0 Å².